The van der Waals surface area contributed by atoms with Crippen molar-refractivity contribution in [3.63, 3.8) is 0 Å². The fraction of sp³-hybridized carbons (Fsp3) is 0.300. The number of benzene rings is 1. The summed E-state index contributed by atoms with van der Waals surface area (Å²) in [5.74, 6) is 0.829. The molecule has 2 heteroatoms. The number of hydrogen-bond donors (Lipinski definition) is 0. The van der Waals surface area contributed by atoms with Gasteiger partial charge in [0, 0.05) is 0 Å². The first-order valence-corrected chi connectivity index (χ1v) is 3.89. The monoisotopic (exact) mass is 161 g/mol. The SMILES string of the molecule is Cc1ccc(OCCC#N)cc1. The van der Waals surface area contributed by atoms with Crippen LogP contribution in [0.15, 0.2) is 24.3 Å². The van der Waals surface area contributed by atoms with Crippen LogP contribution in [0.25, 0.3) is 0 Å². The van der Waals surface area contributed by atoms with E-state index in [-0.39, 0.29) is 0 Å². The molecule has 0 aliphatic heterocycles. The van der Waals surface area contributed by atoms with Crippen LogP contribution in [0.2, 0.25) is 0 Å². The molecule has 0 saturated carbocycles. The van der Waals surface area contributed by atoms with Gasteiger partial charge in [-0.2, -0.15) is 5.26 Å². The van der Waals surface area contributed by atoms with Crippen molar-refractivity contribution in [2.24, 2.45) is 0 Å². The Morgan fingerprint density at radius 1 is 1.33 bits per heavy atom. The second kappa shape index (κ2) is 4.40. The summed E-state index contributed by atoms with van der Waals surface area (Å²) in [6, 6.07) is 9.82. The van der Waals surface area contributed by atoms with Crippen LogP contribution in [0.4, 0.5) is 0 Å². The van der Waals surface area contributed by atoms with Crippen molar-refractivity contribution >= 4 is 0 Å². The smallest absolute Gasteiger partial charge is 0.119 e. The third-order valence-corrected chi connectivity index (χ3v) is 1.50. The summed E-state index contributed by atoms with van der Waals surface area (Å²) in [5.41, 5.74) is 1.21. The third-order valence-electron chi connectivity index (χ3n) is 1.50. The summed E-state index contributed by atoms with van der Waals surface area (Å²) in [6.45, 7) is 2.50. The molecule has 1 aromatic rings. The Morgan fingerprint density at radius 2 is 2.00 bits per heavy atom. The summed E-state index contributed by atoms with van der Waals surface area (Å²) in [4.78, 5) is 0. The fourth-order valence-electron chi connectivity index (χ4n) is 0.849. The van der Waals surface area contributed by atoms with E-state index >= 15 is 0 Å². The molecule has 12 heavy (non-hydrogen) atoms. The van der Waals surface area contributed by atoms with E-state index in [1.807, 2.05) is 37.3 Å². The molecule has 0 N–H and O–H groups in total. The van der Waals surface area contributed by atoms with E-state index in [1.54, 1.807) is 0 Å². The molecular formula is C10H11NO. The highest BCUT2D eigenvalue weighted by molar-refractivity contribution is 5.26. The molecule has 0 amide bonds. The van der Waals surface area contributed by atoms with Gasteiger partial charge >= 0.3 is 0 Å². The summed E-state index contributed by atoms with van der Waals surface area (Å²) in [7, 11) is 0. The maximum absolute atomic E-state index is 8.26. The van der Waals surface area contributed by atoms with E-state index in [4.69, 9.17) is 10.00 Å². The minimum Gasteiger partial charge on any atom is -0.493 e. The van der Waals surface area contributed by atoms with Gasteiger partial charge in [0.15, 0.2) is 0 Å². The molecular weight excluding hydrogens is 150 g/mol. The molecule has 0 atom stereocenters. The van der Waals surface area contributed by atoms with Crippen molar-refractivity contribution < 1.29 is 4.74 Å². The topological polar surface area (TPSA) is 33.0 Å². The number of nitriles is 1. The van der Waals surface area contributed by atoms with Gasteiger partial charge in [-0.1, -0.05) is 17.7 Å². The molecule has 0 bridgehead atoms. The Labute approximate surface area is 72.4 Å². The van der Waals surface area contributed by atoms with E-state index in [0.29, 0.717) is 13.0 Å². The van der Waals surface area contributed by atoms with Crippen molar-refractivity contribution in [1.82, 2.24) is 0 Å². The molecule has 0 aliphatic carbocycles. The Morgan fingerprint density at radius 3 is 2.58 bits per heavy atom. The molecule has 0 saturated heterocycles. The lowest BCUT2D eigenvalue weighted by Gasteiger charge is -2.02. The summed E-state index contributed by atoms with van der Waals surface area (Å²) in [5, 5.41) is 8.26. The van der Waals surface area contributed by atoms with Crippen LogP contribution in [0, 0.1) is 18.3 Å². The zero-order chi connectivity index (χ0) is 8.81. The van der Waals surface area contributed by atoms with Crippen LogP contribution in [-0.2, 0) is 0 Å². The van der Waals surface area contributed by atoms with Crippen molar-refractivity contribution in [3.05, 3.63) is 29.8 Å². The van der Waals surface area contributed by atoms with Crippen molar-refractivity contribution in [2.45, 2.75) is 13.3 Å². The molecule has 0 spiro atoms. The Bertz CT molecular complexity index is 271. The largest absolute Gasteiger partial charge is 0.493 e. The van der Waals surface area contributed by atoms with Crippen LogP contribution in [-0.4, -0.2) is 6.61 Å². The Kier molecular flexibility index (Phi) is 3.16. The first kappa shape index (κ1) is 8.61. The van der Waals surface area contributed by atoms with Gasteiger partial charge in [-0.05, 0) is 19.1 Å². The van der Waals surface area contributed by atoms with E-state index in [1.165, 1.54) is 5.56 Å². The first-order chi connectivity index (χ1) is 5.83. The lowest BCUT2D eigenvalue weighted by molar-refractivity contribution is 0.326. The van der Waals surface area contributed by atoms with Crippen LogP contribution < -0.4 is 4.74 Å². The van der Waals surface area contributed by atoms with Crippen LogP contribution >= 0.6 is 0 Å². The molecule has 1 aromatic carbocycles. The predicted molar refractivity (Wildman–Crippen MR) is 46.9 cm³/mol. The van der Waals surface area contributed by atoms with Gasteiger partial charge < -0.3 is 4.74 Å². The van der Waals surface area contributed by atoms with Crippen LogP contribution in [0.5, 0.6) is 5.75 Å². The maximum Gasteiger partial charge on any atom is 0.119 e. The minimum atomic E-state index is 0.438. The first-order valence-electron chi connectivity index (χ1n) is 3.89. The van der Waals surface area contributed by atoms with Crippen molar-refractivity contribution in [3.8, 4) is 11.8 Å². The van der Waals surface area contributed by atoms with Gasteiger partial charge in [0.2, 0.25) is 0 Å². The summed E-state index contributed by atoms with van der Waals surface area (Å²) >= 11 is 0. The standard InChI is InChI=1S/C10H11NO/c1-9-3-5-10(6-4-9)12-8-2-7-11/h3-6H,2,8H2,1H3. The second-order valence-corrected chi connectivity index (χ2v) is 2.57. The lowest BCUT2D eigenvalue weighted by Crippen LogP contribution is -1.95. The van der Waals surface area contributed by atoms with E-state index in [0.717, 1.165) is 5.75 Å². The highest BCUT2D eigenvalue weighted by Gasteiger charge is 1.91. The van der Waals surface area contributed by atoms with Crippen LogP contribution in [0.3, 0.4) is 0 Å². The van der Waals surface area contributed by atoms with Gasteiger partial charge in [0.1, 0.15) is 12.4 Å². The number of nitrogens with zero attached hydrogens (tertiary/aromatic N) is 1. The summed E-state index contributed by atoms with van der Waals surface area (Å²) in [6.07, 6.45) is 0.438. The zero-order valence-electron chi connectivity index (χ0n) is 7.08. The normalized spacial score (nSPS) is 9.00. The molecule has 62 valence electrons. The highest BCUT2D eigenvalue weighted by Crippen LogP contribution is 2.11. The molecule has 0 radical (unpaired) electrons. The van der Waals surface area contributed by atoms with Crippen LogP contribution in [0.1, 0.15) is 12.0 Å². The molecule has 0 fully saturated rings. The second-order valence-electron chi connectivity index (χ2n) is 2.57. The molecule has 0 aromatic heterocycles. The molecule has 1 rings (SSSR count). The molecule has 2 nitrogen and oxygen atoms in total. The number of rotatable bonds is 3. The third kappa shape index (κ3) is 2.63. The lowest BCUT2D eigenvalue weighted by atomic mass is 10.2. The van der Waals surface area contributed by atoms with Gasteiger partial charge in [-0.25, -0.2) is 0 Å². The number of aryl methyl sites for hydroxylation is 1. The number of ether oxygens (including phenoxy) is 1. The minimum absolute atomic E-state index is 0.438. The number of hydrogen-bond acceptors (Lipinski definition) is 2. The predicted octanol–water partition coefficient (Wildman–Crippen LogP) is 2.29. The van der Waals surface area contributed by atoms with Gasteiger partial charge in [0.05, 0.1) is 12.5 Å². The molecule has 0 heterocycles. The van der Waals surface area contributed by atoms with E-state index in [9.17, 15) is 0 Å². The highest BCUT2D eigenvalue weighted by atomic mass is 16.5. The van der Waals surface area contributed by atoms with Gasteiger partial charge in [-0.15, -0.1) is 0 Å². The maximum atomic E-state index is 8.26. The Hall–Kier alpha value is -1.49. The molecule has 0 unspecified atom stereocenters. The van der Waals surface area contributed by atoms with Crippen molar-refractivity contribution in [2.75, 3.05) is 6.61 Å². The van der Waals surface area contributed by atoms with Gasteiger partial charge in [0.25, 0.3) is 0 Å². The van der Waals surface area contributed by atoms with Gasteiger partial charge in [-0.3, -0.25) is 0 Å². The fourth-order valence-corrected chi connectivity index (χ4v) is 0.849. The van der Waals surface area contributed by atoms with E-state index in [2.05, 4.69) is 0 Å². The average molecular weight is 161 g/mol. The van der Waals surface area contributed by atoms with Crippen molar-refractivity contribution in [1.29, 1.82) is 5.26 Å². The van der Waals surface area contributed by atoms with E-state index < -0.39 is 0 Å². The molecule has 0 aliphatic rings. The Balaban J connectivity index is 2.43. The summed E-state index contributed by atoms with van der Waals surface area (Å²) < 4.78 is 5.28. The average Bonchev–Trinajstić information content (AvgIpc) is 2.09. The zero-order valence-corrected chi connectivity index (χ0v) is 7.08. The quantitative estimate of drug-likeness (QED) is 0.637.